The van der Waals surface area contributed by atoms with E-state index in [9.17, 15) is 0 Å². The summed E-state index contributed by atoms with van der Waals surface area (Å²) in [6.45, 7) is 21.4. The van der Waals surface area contributed by atoms with Crippen molar-refractivity contribution >= 4 is 0 Å². The van der Waals surface area contributed by atoms with Crippen LogP contribution in [0.25, 0.3) is 0 Å². The second-order valence-electron chi connectivity index (χ2n) is 5.91. The van der Waals surface area contributed by atoms with Crippen LogP contribution in [0.5, 0.6) is 0 Å². The zero-order valence-electron chi connectivity index (χ0n) is 15.2. The first kappa shape index (κ1) is 21.3. The monoisotopic (exact) mass is 346 g/mol. The van der Waals surface area contributed by atoms with Gasteiger partial charge in [-0.3, -0.25) is 0 Å². The Morgan fingerprint density at radius 3 is 1.14 bits per heavy atom. The van der Waals surface area contributed by atoms with E-state index in [1.807, 2.05) is 0 Å². The van der Waals surface area contributed by atoms with Crippen molar-refractivity contribution in [2.45, 2.75) is 67.8 Å². The van der Waals surface area contributed by atoms with E-state index in [1.165, 1.54) is 0 Å². The van der Waals surface area contributed by atoms with E-state index in [1.54, 1.807) is 0 Å². The van der Waals surface area contributed by atoms with Gasteiger partial charge in [-0.25, -0.2) is 0 Å². The molecule has 0 spiro atoms. The number of hydrogen-bond acceptors (Lipinski definition) is 4. The Balaban J connectivity index is 4.51. The predicted molar refractivity (Wildman–Crippen MR) is 85.3 cm³/mol. The van der Waals surface area contributed by atoms with Crippen molar-refractivity contribution in [2.24, 2.45) is 11.8 Å². The molecule has 0 aliphatic carbocycles. The van der Waals surface area contributed by atoms with E-state index in [2.05, 4.69) is 65.2 Å². The molecule has 0 rings (SSSR count). The third-order valence-corrected chi connectivity index (χ3v) is 4.37. The topological polar surface area (TPSA) is 24.9 Å². The van der Waals surface area contributed by atoms with Gasteiger partial charge in [-0.2, -0.15) is 0 Å². The summed E-state index contributed by atoms with van der Waals surface area (Å²) < 4.78 is 12.0. The third kappa shape index (κ3) is 7.43. The molecule has 4 nitrogen and oxygen atoms in total. The molecule has 0 heterocycles. The minimum absolute atomic E-state index is 0.101. The Labute approximate surface area is 139 Å². The molecule has 0 aliphatic heterocycles. The third-order valence-electron chi connectivity index (χ3n) is 3.70. The van der Waals surface area contributed by atoms with E-state index in [0.29, 0.717) is 11.8 Å². The molecule has 0 aromatic rings. The Kier molecular flexibility index (Phi) is 12.0. The Bertz CT molecular complexity index is 220. The molecule has 0 aromatic carbocycles. The van der Waals surface area contributed by atoms with Gasteiger partial charge in [-0.05, 0) is 0 Å². The van der Waals surface area contributed by atoms with Gasteiger partial charge in [0.2, 0.25) is 0 Å². The van der Waals surface area contributed by atoms with Crippen LogP contribution in [0.3, 0.4) is 0 Å². The molecule has 0 bridgehead atoms. The molecule has 0 aromatic heterocycles. The van der Waals surface area contributed by atoms with Crippen LogP contribution in [-0.2, 0) is 22.8 Å². The van der Waals surface area contributed by atoms with Gasteiger partial charge in [0.05, 0.1) is 0 Å². The van der Waals surface area contributed by atoms with Crippen molar-refractivity contribution in [1.29, 1.82) is 0 Å². The quantitative estimate of drug-likeness (QED) is 0.398. The van der Waals surface area contributed by atoms with Crippen molar-refractivity contribution in [3.05, 3.63) is 0 Å². The molecule has 2 unspecified atom stereocenters. The van der Waals surface area contributed by atoms with Crippen molar-refractivity contribution in [3.63, 3.8) is 0 Å². The Morgan fingerprint density at radius 1 is 0.667 bits per heavy atom. The molecular weight excluding hydrogens is 311 g/mol. The second-order valence-corrected chi connectivity index (χ2v) is 6.54. The van der Waals surface area contributed by atoms with Crippen molar-refractivity contribution < 1.29 is 22.8 Å². The van der Waals surface area contributed by atoms with Crippen molar-refractivity contribution in [3.8, 4) is 0 Å². The summed E-state index contributed by atoms with van der Waals surface area (Å²) in [6, 6.07) is 0. The number of rotatable bonds is 12. The normalized spacial score (nSPS) is 15.6. The summed E-state index contributed by atoms with van der Waals surface area (Å²) in [5, 5.41) is 0. The van der Waals surface area contributed by atoms with Gasteiger partial charge in [0.15, 0.2) is 0 Å². The summed E-state index contributed by atoms with van der Waals surface area (Å²) in [5.74, 6) is 0.884. The summed E-state index contributed by atoms with van der Waals surface area (Å²) in [4.78, 5) is 4.65. The van der Waals surface area contributed by atoms with Crippen LogP contribution in [0.1, 0.15) is 55.4 Å². The molecule has 0 fully saturated rings. The molecule has 21 heavy (non-hydrogen) atoms. The molecule has 5 heteroatoms. The summed E-state index contributed by atoms with van der Waals surface area (Å²) in [5.41, 5.74) is 0. The standard InChI is InChI=1S/2C8H18NO.Ni/c2*1-5-9(6-2)8(10)7(3)4;/h2*7-8H,5-6H2,1-4H3;/q2*-1;+2. The molecule has 132 valence electrons. The van der Waals surface area contributed by atoms with Gasteiger partial charge in [0.1, 0.15) is 0 Å². The van der Waals surface area contributed by atoms with Gasteiger partial charge in [0.25, 0.3) is 0 Å². The maximum absolute atomic E-state index is 5.98. The fourth-order valence-corrected chi connectivity index (χ4v) is 3.44. The molecule has 0 aliphatic rings. The molecule has 0 radical (unpaired) electrons. The molecule has 2 atom stereocenters. The zero-order valence-corrected chi connectivity index (χ0v) is 16.2. The maximum atomic E-state index is 5.98. The first-order valence-electron chi connectivity index (χ1n) is 8.32. The van der Waals surface area contributed by atoms with E-state index < -0.39 is 0 Å². The Hall–Kier alpha value is 0.334. The molecular formula is C16H36N2NiO2. The summed E-state index contributed by atoms with van der Waals surface area (Å²) >= 11 is 0.961. The minimum atomic E-state index is 0.101. The van der Waals surface area contributed by atoms with Gasteiger partial charge < -0.3 is 0 Å². The zero-order chi connectivity index (χ0) is 16.4. The van der Waals surface area contributed by atoms with Gasteiger partial charge in [-0.1, -0.05) is 0 Å². The molecule has 0 saturated carbocycles. The van der Waals surface area contributed by atoms with Gasteiger partial charge >= 0.3 is 139 Å². The van der Waals surface area contributed by atoms with Crippen LogP contribution in [-0.4, -0.2) is 48.4 Å². The van der Waals surface area contributed by atoms with Crippen LogP contribution < -0.4 is 0 Å². The Morgan fingerprint density at radius 2 is 0.952 bits per heavy atom. The van der Waals surface area contributed by atoms with Crippen LogP contribution in [0.15, 0.2) is 0 Å². The molecule has 0 amide bonds. The summed E-state index contributed by atoms with van der Waals surface area (Å²) in [7, 11) is 0. The second kappa shape index (κ2) is 11.8. The van der Waals surface area contributed by atoms with Crippen molar-refractivity contribution in [2.75, 3.05) is 26.2 Å². The van der Waals surface area contributed by atoms with Crippen LogP contribution in [0, 0.1) is 11.8 Å². The van der Waals surface area contributed by atoms with Crippen LogP contribution in [0.4, 0.5) is 0 Å². The van der Waals surface area contributed by atoms with E-state index in [4.69, 9.17) is 7.76 Å². The molecule has 0 N–H and O–H groups in total. The van der Waals surface area contributed by atoms with Crippen molar-refractivity contribution in [1.82, 2.24) is 9.80 Å². The average molecular weight is 347 g/mol. The van der Waals surface area contributed by atoms with E-state index >= 15 is 0 Å². The number of hydrogen-bond donors (Lipinski definition) is 0. The van der Waals surface area contributed by atoms with E-state index in [-0.39, 0.29) is 12.5 Å². The first-order valence-corrected chi connectivity index (χ1v) is 9.12. The average Bonchev–Trinajstić information content (AvgIpc) is 2.45. The van der Waals surface area contributed by atoms with Gasteiger partial charge in [-0.15, -0.1) is 0 Å². The van der Waals surface area contributed by atoms with Gasteiger partial charge in [0, 0.05) is 0 Å². The van der Waals surface area contributed by atoms with Crippen LogP contribution >= 0.6 is 0 Å². The number of nitrogens with zero attached hydrogens (tertiary/aromatic N) is 2. The first-order chi connectivity index (χ1) is 9.92. The van der Waals surface area contributed by atoms with E-state index in [0.717, 1.165) is 41.3 Å². The predicted octanol–water partition coefficient (Wildman–Crippen LogP) is 3.58. The SMILES string of the molecule is CCN(CC)C([O][Ni][O]C(C(C)C)N(CC)CC)C(C)C. The molecule has 0 saturated heterocycles. The fourth-order valence-electron chi connectivity index (χ4n) is 2.36. The fraction of sp³-hybridized carbons (Fsp3) is 1.00. The van der Waals surface area contributed by atoms with Crippen LogP contribution in [0.2, 0.25) is 0 Å². The summed E-state index contributed by atoms with van der Waals surface area (Å²) in [6.07, 6.45) is 0.203.